The third-order valence-electron chi connectivity index (χ3n) is 4.87. The molecule has 0 saturated heterocycles. The number of Topliss-reactive ketones (excluding diaryl/α,β-unsaturated/α-hetero) is 1. The van der Waals surface area contributed by atoms with Gasteiger partial charge in [-0.05, 0) is 38.5 Å². The van der Waals surface area contributed by atoms with Gasteiger partial charge in [0.2, 0.25) is 0 Å². The number of ketones is 1. The molecule has 1 aliphatic carbocycles. The number of thiophene rings is 1. The molecule has 0 fully saturated rings. The van der Waals surface area contributed by atoms with Crippen LogP contribution in [0, 0.1) is 13.8 Å². The van der Waals surface area contributed by atoms with Crippen LogP contribution in [0.5, 0.6) is 0 Å². The lowest BCUT2D eigenvalue weighted by Gasteiger charge is -2.12. The molecule has 0 saturated carbocycles. The van der Waals surface area contributed by atoms with Gasteiger partial charge < -0.3 is 9.84 Å². The molecule has 0 spiro atoms. The largest absolute Gasteiger partial charge is 0.361 e. The quantitative estimate of drug-likeness (QED) is 0.630. The maximum Gasteiger partial charge on any atom is 0.266 e. The molecule has 0 unspecified atom stereocenters. The van der Waals surface area contributed by atoms with Crippen LogP contribution in [-0.2, 0) is 13.0 Å². The molecule has 0 bridgehead atoms. The second kappa shape index (κ2) is 7.56. The third kappa shape index (κ3) is 3.40. The van der Waals surface area contributed by atoms with Gasteiger partial charge in [-0.25, -0.2) is 0 Å². The standard InChI is InChI=1S/C19H20N4O3S2/c1-10-14(11(2)26-22-10)9-23-8-12(7-20-23)21-18(25)17-13-5-4-6-15(24)16(13)19(27-3)28-17/h7-8H,4-6,9H2,1-3H3,(H,21,25). The van der Waals surface area contributed by atoms with Gasteiger partial charge in [-0.2, -0.15) is 5.10 Å². The van der Waals surface area contributed by atoms with Crippen molar-refractivity contribution in [3.05, 3.63) is 45.4 Å². The van der Waals surface area contributed by atoms with E-state index >= 15 is 0 Å². The average molecular weight is 417 g/mol. The minimum Gasteiger partial charge on any atom is -0.361 e. The summed E-state index contributed by atoms with van der Waals surface area (Å²) in [6.45, 7) is 4.28. The number of nitrogens with one attached hydrogen (secondary N) is 1. The predicted octanol–water partition coefficient (Wildman–Crippen LogP) is 4.09. The van der Waals surface area contributed by atoms with Crippen LogP contribution in [0.25, 0.3) is 0 Å². The molecule has 1 amide bonds. The lowest BCUT2D eigenvalue weighted by Crippen LogP contribution is -2.16. The summed E-state index contributed by atoms with van der Waals surface area (Å²) in [7, 11) is 0. The van der Waals surface area contributed by atoms with E-state index < -0.39 is 0 Å². The molecule has 3 aromatic heterocycles. The summed E-state index contributed by atoms with van der Waals surface area (Å²) in [5, 5.41) is 11.2. The molecule has 0 radical (unpaired) electrons. The fourth-order valence-corrected chi connectivity index (χ4v) is 5.45. The Morgan fingerprint density at radius 3 is 2.93 bits per heavy atom. The highest BCUT2D eigenvalue weighted by atomic mass is 32.2. The number of hydrogen-bond acceptors (Lipinski definition) is 7. The highest BCUT2D eigenvalue weighted by Gasteiger charge is 2.29. The summed E-state index contributed by atoms with van der Waals surface area (Å²) in [5.41, 5.74) is 4.08. The number of amides is 1. The van der Waals surface area contributed by atoms with Crippen molar-refractivity contribution in [1.82, 2.24) is 14.9 Å². The van der Waals surface area contributed by atoms with Crippen molar-refractivity contribution in [3.63, 3.8) is 0 Å². The van der Waals surface area contributed by atoms with Crippen LogP contribution < -0.4 is 5.32 Å². The Morgan fingerprint density at radius 1 is 1.39 bits per heavy atom. The van der Waals surface area contributed by atoms with Crippen molar-refractivity contribution in [2.45, 2.75) is 43.9 Å². The zero-order valence-electron chi connectivity index (χ0n) is 15.9. The van der Waals surface area contributed by atoms with E-state index in [1.165, 1.54) is 23.1 Å². The Hall–Kier alpha value is -2.39. The third-order valence-corrected chi connectivity index (χ3v) is 7.22. The first-order chi connectivity index (χ1) is 13.5. The van der Waals surface area contributed by atoms with E-state index in [9.17, 15) is 9.59 Å². The summed E-state index contributed by atoms with van der Waals surface area (Å²) >= 11 is 2.93. The van der Waals surface area contributed by atoms with E-state index in [1.54, 1.807) is 17.1 Å². The zero-order chi connectivity index (χ0) is 19.8. The maximum atomic E-state index is 12.9. The Morgan fingerprint density at radius 2 is 2.21 bits per heavy atom. The van der Waals surface area contributed by atoms with Crippen LogP contribution in [0.3, 0.4) is 0 Å². The van der Waals surface area contributed by atoms with Crippen molar-refractivity contribution < 1.29 is 14.1 Å². The number of carbonyl (C=O) groups excluding carboxylic acids is 2. The van der Waals surface area contributed by atoms with Crippen LogP contribution >= 0.6 is 23.1 Å². The summed E-state index contributed by atoms with van der Waals surface area (Å²) in [6, 6.07) is 0. The number of fused-ring (bicyclic) bond motifs is 1. The maximum absolute atomic E-state index is 12.9. The average Bonchev–Trinajstić information content (AvgIpc) is 3.36. The molecular formula is C19H20N4O3S2. The molecular weight excluding hydrogens is 396 g/mol. The summed E-state index contributed by atoms with van der Waals surface area (Å²) in [6.07, 6.45) is 7.47. The Bertz CT molecular complexity index is 1040. The van der Waals surface area contributed by atoms with E-state index in [4.69, 9.17) is 4.52 Å². The van der Waals surface area contributed by atoms with Crippen molar-refractivity contribution in [3.8, 4) is 0 Å². The number of rotatable bonds is 5. The molecule has 28 heavy (non-hydrogen) atoms. The molecule has 0 aromatic carbocycles. The Kier molecular flexibility index (Phi) is 5.11. The van der Waals surface area contributed by atoms with Gasteiger partial charge in [-0.3, -0.25) is 14.3 Å². The predicted molar refractivity (Wildman–Crippen MR) is 109 cm³/mol. The summed E-state index contributed by atoms with van der Waals surface area (Å²) in [4.78, 5) is 25.8. The smallest absolute Gasteiger partial charge is 0.266 e. The molecule has 1 N–H and O–H groups in total. The van der Waals surface area contributed by atoms with Gasteiger partial charge >= 0.3 is 0 Å². The van der Waals surface area contributed by atoms with Crippen LogP contribution in [0.2, 0.25) is 0 Å². The van der Waals surface area contributed by atoms with E-state index in [2.05, 4.69) is 15.6 Å². The van der Waals surface area contributed by atoms with Crippen molar-refractivity contribution >= 4 is 40.5 Å². The number of thioether (sulfide) groups is 1. The number of aromatic nitrogens is 3. The first-order valence-corrected chi connectivity index (χ1v) is 11.0. The molecule has 1 aliphatic rings. The van der Waals surface area contributed by atoms with E-state index in [0.29, 0.717) is 23.5 Å². The second-order valence-corrected chi connectivity index (χ2v) is 8.83. The monoisotopic (exact) mass is 416 g/mol. The van der Waals surface area contributed by atoms with Crippen molar-refractivity contribution in [1.29, 1.82) is 0 Å². The highest BCUT2D eigenvalue weighted by Crippen LogP contribution is 2.39. The Balaban J connectivity index is 1.54. The van der Waals surface area contributed by atoms with Crippen LogP contribution in [0.15, 0.2) is 21.1 Å². The van der Waals surface area contributed by atoms with Crippen LogP contribution in [-0.4, -0.2) is 32.9 Å². The van der Waals surface area contributed by atoms with Gasteiger partial charge in [0.15, 0.2) is 5.78 Å². The first-order valence-electron chi connectivity index (χ1n) is 8.96. The number of anilines is 1. The van der Waals surface area contributed by atoms with Gasteiger partial charge in [0.25, 0.3) is 5.91 Å². The summed E-state index contributed by atoms with van der Waals surface area (Å²) < 4.78 is 7.85. The molecule has 0 atom stereocenters. The van der Waals surface area contributed by atoms with Crippen molar-refractivity contribution in [2.75, 3.05) is 11.6 Å². The minimum atomic E-state index is -0.187. The molecule has 0 aliphatic heterocycles. The molecule has 146 valence electrons. The van der Waals surface area contributed by atoms with E-state index in [-0.39, 0.29) is 11.7 Å². The molecule has 3 heterocycles. The fourth-order valence-electron chi connectivity index (χ4n) is 3.43. The lowest BCUT2D eigenvalue weighted by atomic mass is 9.92. The lowest BCUT2D eigenvalue weighted by molar-refractivity contribution is 0.0970. The minimum absolute atomic E-state index is 0.146. The normalized spacial score (nSPS) is 13.6. The molecule has 4 rings (SSSR count). The van der Waals surface area contributed by atoms with Crippen LogP contribution in [0.4, 0.5) is 5.69 Å². The van der Waals surface area contributed by atoms with Gasteiger partial charge in [0.1, 0.15) is 5.76 Å². The van der Waals surface area contributed by atoms with E-state index in [0.717, 1.165) is 45.2 Å². The fraction of sp³-hybridized carbons (Fsp3) is 0.368. The van der Waals surface area contributed by atoms with Gasteiger partial charge in [0, 0.05) is 23.7 Å². The second-order valence-electron chi connectivity index (χ2n) is 6.74. The first kappa shape index (κ1) is 18.9. The molecule has 9 heteroatoms. The molecule has 7 nitrogen and oxygen atoms in total. The number of carbonyl (C=O) groups is 2. The summed E-state index contributed by atoms with van der Waals surface area (Å²) in [5.74, 6) is 0.722. The highest BCUT2D eigenvalue weighted by molar-refractivity contribution is 8.00. The molecule has 3 aromatic rings. The topological polar surface area (TPSA) is 90.0 Å². The zero-order valence-corrected chi connectivity index (χ0v) is 17.5. The van der Waals surface area contributed by atoms with Crippen LogP contribution in [0.1, 0.15) is 55.5 Å². The van der Waals surface area contributed by atoms with Crippen molar-refractivity contribution in [2.24, 2.45) is 0 Å². The number of nitrogens with zero attached hydrogens (tertiary/aromatic N) is 3. The number of hydrogen-bond donors (Lipinski definition) is 1. The number of aryl methyl sites for hydroxylation is 2. The SMILES string of the molecule is CSc1sc(C(=O)Nc2cnn(Cc3c(C)noc3C)c2)c2c1C(=O)CCC2. The van der Waals surface area contributed by atoms with Gasteiger partial charge in [0.05, 0.1) is 33.2 Å². The Labute approximate surface area is 170 Å². The van der Waals surface area contributed by atoms with E-state index in [1.807, 2.05) is 20.1 Å². The van der Waals surface area contributed by atoms with Gasteiger partial charge in [-0.15, -0.1) is 23.1 Å². The van der Waals surface area contributed by atoms with Gasteiger partial charge in [-0.1, -0.05) is 5.16 Å².